The average molecular weight is 557 g/mol. The maximum Gasteiger partial charge on any atom is 0.274 e. The van der Waals surface area contributed by atoms with Gasteiger partial charge in [0.05, 0.1) is 33.6 Å². The zero-order valence-electron chi connectivity index (χ0n) is 18.1. The Kier molecular flexibility index (Phi) is 8.38. The van der Waals surface area contributed by atoms with Crippen molar-refractivity contribution in [2.24, 2.45) is 5.10 Å². The van der Waals surface area contributed by atoms with Crippen molar-refractivity contribution >= 4 is 34.7 Å². The molecule has 0 saturated heterocycles. The van der Waals surface area contributed by atoms with E-state index in [4.69, 9.17) is 14.7 Å². The Bertz CT molecular complexity index is 1220. The van der Waals surface area contributed by atoms with Gasteiger partial charge in [0.25, 0.3) is 5.91 Å². The predicted molar refractivity (Wildman–Crippen MR) is 132 cm³/mol. The molecule has 0 fully saturated rings. The highest BCUT2D eigenvalue weighted by atomic mass is 127. The van der Waals surface area contributed by atoms with Gasteiger partial charge in [0, 0.05) is 0 Å². The van der Waals surface area contributed by atoms with E-state index < -0.39 is 11.7 Å². The molecule has 0 saturated carbocycles. The normalized spacial score (nSPS) is 10.6. The average Bonchev–Trinajstić information content (AvgIpc) is 2.79. The van der Waals surface area contributed by atoms with Crippen molar-refractivity contribution in [2.45, 2.75) is 20.5 Å². The van der Waals surface area contributed by atoms with Crippen LogP contribution < -0.4 is 14.9 Å². The molecule has 0 aliphatic carbocycles. The van der Waals surface area contributed by atoms with Gasteiger partial charge in [-0.1, -0.05) is 29.8 Å². The first kappa shape index (κ1) is 24.2. The number of nitrogens with one attached hydrogen (secondary N) is 1. The van der Waals surface area contributed by atoms with Gasteiger partial charge in [0.15, 0.2) is 11.5 Å². The number of nitriles is 1. The molecule has 0 atom stereocenters. The Morgan fingerprint density at radius 2 is 1.94 bits per heavy atom. The van der Waals surface area contributed by atoms with Crippen molar-refractivity contribution in [3.8, 4) is 17.6 Å². The number of amides is 1. The minimum Gasteiger partial charge on any atom is -0.490 e. The lowest BCUT2D eigenvalue weighted by Crippen LogP contribution is -2.19. The maximum absolute atomic E-state index is 14.0. The van der Waals surface area contributed by atoms with E-state index in [1.807, 2.05) is 50.2 Å². The number of ether oxygens (including phenoxy) is 2. The van der Waals surface area contributed by atoms with Crippen LogP contribution in [0.2, 0.25) is 0 Å². The van der Waals surface area contributed by atoms with Gasteiger partial charge < -0.3 is 9.47 Å². The minimum absolute atomic E-state index is 0.135. The van der Waals surface area contributed by atoms with Crippen LogP contribution in [0, 0.1) is 27.6 Å². The van der Waals surface area contributed by atoms with E-state index in [9.17, 15) is 9.18 Å². The monoisotopic (exact) mass is 557 g/mol. The molecule has 0 aliphatic rings. The second kappa shape index (κ2) is 11.4. The van der Waals surface area contributed by atoms with E-state index in [-0.39, 0.29) is 11.1 Å². The van der Waals surface area contributed by atoms with Crippen LogP contribution in [0.3, 0.4) is 0 Å². The fourth-order valence-corrected chi connectivity index (χ4v) is 3.68. The van der Waals surface area contributed by atoms with E-state index in [2.05, 4.69) is 33.1 Å². The van der Waals surface area contributed by atoms with Crippen LogP contribution in [0.5, 0.6) is 11.5 Å². The quantitative estimate of drug-likeness (QED) is 0.230. The number of benzene rings is 3. The molecular weight excluding hydrogens is 536 g/mol. The number of hydrogen-bond donors (Lipinski definition) is 1. The van der Waals surface area contributed by atoms with E-state index in [1.165, 1.54) is 23.9 Å². The van der Waals surface area contributed by atoms with Crippen LogP contribution in [0.25, 0.3) is 0 Å². The molecule has 3 aromatic carbocycles. The molecule has 0 spiro atoms. The zero-order valence-corrected chi connectivity index (χ0v) is 20.2. The van der Waals surface area contributed by atoms with Gasteiger partial charge in [0.2, 0.25) is 0 Å². The summed E-state index contributed by atoms with van der Waals surface area (Å²) in [7, 11) is 0. The summed E-state index contributed by atoms with van der Waals surface area (Å²) in [5.41, 5.74) is 5.13. The molecule has 0 radical (unpaired) electrons. The highest BCUT2D eigenvalue weighted by molar-refractivity contribution is 14.1. The first-order valence-electron chi connectivity index (χ1n) is 10.1. The summed E-state index contributed by atoms with van der Waals surface area (Å²) < 4.78 is 26.6. The third-order valence-corrected chi connectivity index (χ3v) is 5.36. The molecule has 33 heavy (non-hydrogen) atoms. The molecule has 0 heterocycles. The van der Waals surface area contributed by atoms with Gasteiger partial charge in [-0.05, 0) is 77.9 Å². The van der Waals surface area contributed by atoms with Crippen molar-refractivity contribution in [3.63, 3.8) is 0 Å². The SMILES string of the molecule is CCOc1cc(/C=N\NC(=O)c2ccc(C#N)cc2F)cc(I)c1OCc1ccc(C)cc1. The topological polar surface area (TPSA) is 83.7 Å². The molecule has 3 aromatic rings. The van der Waals surface area contributed by atoms with Gasteiger partial charge in [-0.15, -0.1) is 0 Å². The van der Waals surface area contributed by atoms with Crippen LogP contribution in [0.1, 0.15) is 39.5 Å². The zero-order chi connectivity index (χ0) is 23.8. The number of aryl methyl sites for hydroxylation is 1. The Hall–Kier alpha value is -3.45. The third kappa shape index (κ3) is 6.52. The van der Waals surface area contributed by atoms with Gasteiger partial charge >= 0.3 is 0 Å². The first-order chi connectivity index (χ1) is 15.9. The third-order valence-electron chi connectivity index (χ3n) is 4.56. The lowest BCUT2D eigenvalue weighted by atomic mass is 10.1. The summed E-state index contributed by atoms with van der Waals surface area (Å²) >= 11 is 2.15. The highest BCUT2D eigenvalue weighted by Gasteiger charge is 2.13. The number of carbonyl (C=O) groups is 1. The summed E-state index contributed by atoms with van der Waals surface area (Å²) in [4.78, 5) is 12.2. The van der Waals surface area contributed by atoms with E-state index >= 15 is 0 Å². The molecular formula is C25H21FIN3O3. The molecule has 3 rings (SSSR count). The van der Waals surface area contributed by atoms with Crippen molar-refractivity contribution in [2.75, 3.05) is 6.61 Å². The number of halogens is 2. The molecule has 6 nitrogen and oxygen atoms in total. The molecule has 0 unspecified atom stereocenters. The molecule has 0 bridgehead atoms. The van der Waals surface area contributed by atoms with Gasteiger partial charge in [0.1, 0.15) is 12.4 Å². The Morgan fingerprint density at radius 3 is 2.61 bits per heavy atom. The summed E-state index contributed by atoms with van der Waals surface area (Å²) in [6, 6.07) is 17.1. The van der Waals surface area contributed by atoms with Crippen molar-refractivity contribution in [1.29, 1.82) is 5.26 Å². The molecule has 1 N–H and O–H groups in total. The van der Waals surface area contributed by atoms with Crippen LogP contribution in [-0.2, 0) is 6.61 Å². The van der Waals surface area contributed by atoms with Crippen LogP contribution in [-0.4, -0.2) is 18.7 Å². The number of carbonyl (C=O) groups excluding carboxylic acids is 1. The van der Waals surface area contributed by atoms with E-state index in [0.717, 1.165) is 15.2 Å². The van der Waals surface area contributed by atoms with Gasteiger partial charge in [-0.25, -0.2) is 9.82 Å². The molecule has 168 valence electrons. The van der Waals surface area contributed by atoms with Crippen molar-refractivity contribution in [1.82, 2.24) is 5.43 Å². The first-order valence-corrected chi connectivity index (χ1v) is 11.2. The molecule has 0 aliphatic heterocycles. The van der Waals surface area contributed by atoms with Crippen LogP contribution >= 0.6 is 22.6 Å². The number of hydrazone groups is 1. The summed E-state index contributed by atoms with van der Waals surface area (Å²) in [5.74, 6) is -0.322. The predicted octanol–water partition coefficient (Wildman–Crippen LogP) is 5.35. The number of rotatable bonds is 8. The maximum atomic E-state index is 14.0. The lowest BCUT2D eigenvalue weighted by molar-refractivity contribution is 0.0951. The Morgan fingerprint density at radius 1 is 1.18 bits per heavy atom. The van der Waals surface area contributed by atoms with Crippen molar-refractivity contribution < 1.29 is 18.7 Å². The molecule has 0 aromatic heterocycles. The number of nitrogens with zero attached hydrogens (tertiary/aromatic N) is 2. The van der Waals surface area contributed by atoms with Crippen LogP contribution in [0.15, 0.2) is 59.7 Å². The van der Waals surface area contributed by atoms with Gasteiger partial charge in [-0.3, -0.25) is 4.79 Å². The lowest BCUT2D eigenvalue weighted by Gasteiger charge is -2.15. The summed E-state index contributed by atoms with van der Waals surface area (Å²) in [6.07, 6.45) is 1.44. The largest absolute Gasteiger partial charge is 0.490 e. The fourth-order valence-electron chi connectivity index (χ4n) is 2.90. The standard InChI is InChI=1S/C25H21FIN3O3/c1-3-32-23-12-19(11-22(27)24(23)33-15-17-6-4-16(2)5-7-17)14-29-30-25(31)20-9-8-18(13-28)10-21(20)26/h4-12,14H,3,15H2,1-2H3,(H,30,31)/b29-14-. The van der Waals surface area contributed by atoms with Crippen LogP contribution in [0.4, 0.5) is 4.39 Å². The van der Waals surface area contributed by atoms with E-state index in [1.54, 1.807) is 6.07 Å². The van der Waals surface area contributed by atoms with E-state index in [0.29, 0.717) is 30.3 Å². The fraction of sp³-hybridized carbons (Fsp3) is 0.160. The van der Waals surface area contributed by atoms with Crippen molar-refractivity contribution in [3.05, 3.63) is 91.8 Å². The smallest absolute Gasteiger partial charge is 0.274 e. The highest BCUT2D eigenvalue weighted by Crippen LogP contribution is 2.34. The Balaban J connectivity index is 1.72. The minimum atomic E-state index is -0.787. The molecule has 1 amide bonds. The Labute approximate surface area is 205 Å². The number of hydrogen-bond acceptors (Lipinski definition) is 5. The summed E-state index contributed by atoms with van der Waals surface area (Å²) in [6.45, 7) is 4.76. The van der Waals surface area contributed by atoms with Gasteiger partial charge in [-0.2, -0.15) is 10.4 Å². The second-order valence-corrected chi connectivity index (χ2v) is 8.21. The molecule has 8 heteroatoms. The second-order valence-electron chi connectivity index (χ2n) is 7.04. The summed E-state index contributed by atoms with van der Waals surface area (Å²) in [5, 5.41) is 12.7.